The van der Waals surface area contributed by atoms with Crippen LogP contribution in [0.15, 0.2) is 67.1 Å². The Morgan fingerprint density at radius 2 is 1.53 bits per heavy atom. The molecule has 1 aliphatic heterocycles. The lowest BCUT2D eigenvalue weighted by atomic mass is 10.1. The van der Waals surface area contributed by atoms with E-state index in [1.807, 2.05) is 30.3 Å². The third-order valence-electron chi connectivity index (χ3n) is 2.82. The standard InChI is InChI=1S/C16H14N2O/c1-2-4-14(5-3-1)6-7-15-8-10-16(11-9-15)18-17-12-13-19-18/h1-13,17H/b7-6+. The quantitative estimate of drug-likeness (QED) is 0.843. The minimum atomic E-state index is 0.960. The summed E-state index contributed by atoms with van der Waals surface area (Å²) >= 11 is 0. The highest BCUT2D eigenvalue weighted by molar-refractivity contribution is 5.70. The summed E-state index contributed by atoms with van der Waals surface area (Å²) in [6.45, 7) is 0. The van der Waals surface area contributed by atoms with Crippen LogP contribution in [0.4, 0.5) is 5.69 Å². The maximum atomic E-state index is 5.23. The number of nitrogens with zero attached hydrogens (tertiary/aromatic N) is 1. The second-order valence-electron chi connectivity index (χ2n) is 4.17. The Morgan fingerprint density at radius 3 is 2.16 bits per heavy atom. The minimum absolute atomic E-state index is 0.960. The second-order valence-corrected chi connectivity index (χ2v) is 4.17. The maximum Gasteiger partial charge on any atom is 0.139 e. The van der Waals surface area contributed by atoms with E-state index in [0.29, 0.717) is 0 Å². The smallest absolute Gasteiger partial charge is 0.139 e. The van der Waals surface area contributed by atoms with E-state index in [1.165, 1.54) is 5.56 Å². The lowest BCUT2D eigenvalue weighted by Gasteiger charge is -2.16. The molecule has 0 unspecified atom stereocenters. The average molecular weight is 250 g/mol. The Labute approximate surface area is 112 Å². The molecule has 2 aromatic carbocycles. The predicted molar refractivity (Wildman–Crippen MR) is 77.7 cm³/mol. The van der Waals surface area contributed by atoms with E-state index in [9.17, 15) is 0 Å². The second kappa shape index (κ2) is 5.31. The number of rotatable bonds is 3. The van der Waals surface area contributed by atoms with Gasteiger partial charge in [-0.3, -0.25) is 5.43 Å². The van der Waals surface area contributed by atoms with Gasteiger partial charge in [-0.15, -0.1) is 5.17 Å². The zero-order valence-corrected chi connectivity index (χ0v) is 10.4. The summed E-state index contributed by atoms with van der Waals surface area (Å²) < 4.78 is 0. The molecule has 94 valence electrons. The van der Waals surface area contributed by atoms with Crippen LogP contribution >= 0.6 is 0 Å². The van der Waals surface area contributed by atoms with Gasteiger partial charge in [0.05, 0.1) is 11.9 Å². The average Bonchev–Trinajstić information content (AvgIpc) is 3.01. The molecule has 3 nitrogen and oxygen atoms in total. The highest BCUT2D eigenvalue weighted by atomic mass is 16.7. The van der Waals surface area contributed by atoms with Crippen molar-refractivity contribution in [1.82, 2.24) is 5.43 Å². The van der Waals surface area contributed by atoms with E-state index < -0.39 is 0 Å². The molecular weight excluding hydrogens is 236 g/mol. The van der Waals surface area contributed by atoms with Gasteiger partial charge in [0.25, 0.3) is 0 Å². The lowest BCUT2D eigenvalue weighted by Crippen LogP contribution is -2.27. The van der Waals surface area contributed by atoms with E-state index in [0.717, 1.165) is 11.3 Å². The first-order chi connectivity index (χ1) is 9.42. The fourth-order valence-corrected chi connectivity index (χ4v) is 1.83. The first-order valence-electron chi connectivity index (χ1n) is 6.13. The van der Waals surface area contributed by atoms with E-state index in [1.54, 1.807) is 17.6 Å². The Bertz CT molecular complexity index is 580. The molecule has 0 aromatic heterocycles. The highest BCUT2D eigenvalue weighted by Gasteiger charge is 2.07. The zero-order chi connectivity index (χ0) is 12.9. The van der Waals surface area contributed by atoms with Gasteiger partial charge in [-0.25, -0.2) is 0 Å². The zero-order valence-electron chi connectivity index (χ0n) is 10.4. The van der Waals surface area contributed by atoms with Crippen molar-refractivity contribution < 1.29 is 4.84 Å². The van der Waals surface area contributed by atoms with E-state index in [2.05, 4.69) is 41.8 Å². The van der Waals surface area contributed by atoms with Crippen LogP contribution in [0.5, 0.6) is 0 Å². The van der Waals surface area contributed by atoms with Gasteiger partial charge in [0.2, 0.25) is 0 Å². The highest BCUT2D eigenvalue weighted by Crippen LogP contribution is 2.17. The minimum Gasteiger partial charge on any atom is -0.366 e. The van der Waals surface area contributed by atoms with Gasteiger partial charge in [0, 0.05) is 0 Å². The van der Waals surface area contributed by atoms with Crippen molar-refractivity contribution in [2.75, 3.05) is 5.17 Å². The van der Waals surface area contributed by atoms with E-state index >= 15 is 0 Å². The molecule has 0 spiro atoms. The Kier molecular flexibility index (Phi) is 3.19. The third-order valence-corrected chi connectivity index (χ3v) is 2.82. The molecule has 3 rings (SSSR count). The Balaban J connectivity index is 1.71. The van der Waals surface area contributed by atoms with Crippen LogP contribution in [-0.4, -0.2) is 0 Å². The van der Waals surface area contributed by atoms with Crippen LogP contribution < -0.4 is 10.6 Å². The number of hydrogen-bond donors (Lipinski definition) is 1. The number of hydrazine groups is 1. The van der Waals surface area contributed by atoms with Gasteiger partial charge in [0.15, 0.2) is 0 Å². The van der Waals surface area contributed by atoms with E-state index in [-0.39, 0.29) is 0 Å². The van der Waals surface area contributed by atoms with Gasteiger partial charge in [-0.2, -0.15) is 0 Å². The van der Waals surface area contributed by atoms with Crippen molar-refractivity contribution in [2.24, 2.45) is 0 Å². The fourth-order valence-electron chi connectivity index (χ4n) is 1.83. The molecule has 0 amide bonds. The molecule has 0 radical (unpaired) electrons. The Morgan fingerprint density at radius 1 is 0.842 bits per heavy atom. The van der Waals surface area contributed by atoms with Crippen LogP contribution in [0.25, 0.3) is 12.2 Å². The number of nitrogens with one attached hydrogen (secondary N) is 1. The van der Waals surface area contributed by atoms with Gasteiger partial charge in [-0.05, 0) is 23.3 Å². The summed E-state index contributed by atoms with van der Waals surface area (Å²) in [5.74, 6) is 0. The number of benzene rings is 2. The third kappa shape index (κ3) is 2.77. The molecule has 1 heterocycles. The summed E-state index contributed by atoms with van der Waals surface area (Å²) in [7, 11) is 0. The first kappa shape index (κ1) is 11.4. The molecule has 0 aliphatic carbocycles. The van der Waals surface area contributed by atoms with Crippen LogP contribution in [0.3, 0.4) is 0 Å². The van der Waals surface area contributed by atoms with Gasteiger partial charge < -0.3 is 4.84 Å². The van der Waals surface area contributed by atoms with Crippen LogP contribution in [0.1, 0.15) is 11.1 Å². The fraction of sp³-hybridized carbons (Fsp3) is 0. The van der Waals surface area contributed by atoms with Gasteiger partial charge in [0.1, 0.15) is 6.26 Å². The van der Waals surface area contributed by atoms with Crippen molar-refractivity contribution in [2.45, 2.75) is 0 Å². The summed E-state index contributed by atoms with van der Waals surface area (Å²) in [5.41, 5.74) is 6.27. The Hall–Kier alpha value is -2.68. The monoisotopic (exact) mass is 250 g/mol. The lowest BCUT2D eigenvalue weighted by molar-refractivity contribution is 0.221. The molecule has 0 bridgehead atoms. The summed E-state index contributed by atoms with van der Waals surface area (Å²) in [6.07, 6.45) is 7.53. The van der Waals surface area contributed by atoms with Crippen LogP contribution in [0.2, 0.25) is 0 Å². The topological polar surface area (TPSA) is 24.5 Å². The molecule has 19 heavy (non-hydrogen) atoms. The number of hydrogen-bond acceptors (Lipinski definition) is 3. The van der Waals surface area contributed by atoms with Crippen LogP contribution in [-0.2, 0) is 4.84 Å². The predicted octanol–water partition coefficient (Wildman–Crippen LogP) is 3.58. The van der Waals surface area contributed by atoms with Crippen molar-refractivity contribution >= 4 is 17.8 Å². The summed E-state index contributed by atoms with van der Waals surface area (Å²) in [5, 5.41) is 1.60. The van der Waals surface area contributed by atoms with Crippen molar-refractivity contribution in [3.63, 3.8) is 0 Å². The largest absolute Gasteiger partial charge is 0.366 e. The molecule has 0 atom stereocenters. The van der Waals surface area contributed by atoms with Crippen molar-refractivity contribution in [3.05, 3.63) is 78.2 Å². The van der Waals surface area contributed by atoms with E-state index in [4.69, 9.17) is 4.84 Å². The molecule has 1 N–H and O–H groups in total. The van der Waals surface area contributed by atoms with Crippen LogP contribution in [0, 0.1) is 0 Å². The van der Waals surface area contributed by atoms with Crippen molar-refractivity contribution in [1.29, 1.82) is 0 Å². The maximum absolute atomic E-state index is 5.23. The summed E-state index contributed by atoms with van der Waals surface area (Å²) in [4.78, 5) is 5.23. The molecule has 0 fully saturated rings. The molecule has 0 saturated carbocycles. The van der Waals surface area contributed by atoms with Gasteiger partial charge >= 0.3 is 0 Å². The van der Waals surface area contributed by atoms with Gasteiger partial charge in [-0.1, -0.05) is 54.6 Å². The summed E-state index contributed by atoms with van der Waals surface area (Å²) in [6, 6.07) is 18.4. The molecular formula is C16H14N2O. The SMILES string of the molecule is C1=CON(c2ccc(/C=C/c3ccccc3)cc2)N1. The molecule has 3 heteroatoms. The molecule has 2 aromatic rings. The number of anilines is 1. The molecule has 1 aliphatic rings. The molecule has 0 saturated heterocycles. The normalized spacial score (nSPS) is 13.6. The first-order valence-corrected chi connectivity index (χ1v) is 6.13. The van der Waals surface area contributed by atoms with Crippen molar-refractivity contribution in [3.8, 4) is 0 Å².